The van der Waals surface area contributed by atoms with Crippen molar-refractivity contribution >= 4 is 17.9 Å². The predicted octanol–water partition coefficient (Wildman–Crippen LogP) is 22.8. The lowest BCUT2D eigenvalue weighted by molar-refractivity contribution is -0.167. The van der Waals surface area contributed by atoms with Crippen molar-refractivity contribution in [2.45, 2.75) is 374 Å². The largest absolute Gasteiger partial charge is 0.462 e. The summed E-state index contributed by atoms with van der Waals surface area (Å²) in [6.45, 7) is 6.68. The molecule has 0 aromatic heterocycles. The number of esters is 3. The van der Waals surface area contributed by atoms with Crippen molar-refractivity contribution in [1.29, 1.82) is 0 Å². The van der Waals surface area contributed by atoms with Gasteiger partial charge in [-0.05, 0) is 96.3 Å². The number of hydrogen-bond donors (Lipinski definition) is 0. The minimum Gasteiger partial charge on any atom is -0.462 e. The van der Waals surface area contributed by atoms with Crippen LogP contribution in [0.25, 0.3) is 0 Å². The average Bonchev–Trinajstić information content (AvgIpc) is 3.41. The van der Waals surface area contributed by atoms with E-state index in [9.17, 15) is 14.4 Å². The van der Waals surface area contributed by atoms with E-state index >= 15 is 0 Å². The Kier molecular flexibility index (Phi) is 62.1. The predicted molar refractivity (Wildman–Crippen MR) is 326 cm³/mol. The van der Waals surface area contributed by atoms with Crippen molar-refractivity contribution in [2.24, 2.45) is 0 Å². The van der Waals surface area contributed by atoms with Crippen LogP contribution in [0.3, 0.4) is 0 Å². The summed E-state index contributed by atoms with van der Waals surface area (Å²) < 4.78 is 17.0. The lowest BCUT2D eigenvalue weighted by Crippen LogP contribution is -2.30. The number of unbranched alkanes of at least 4 members (excludes halogenated alkanes) is 45. The van der Waals surface area contributed by atoms with E-state index in [1.54, 1.807) is 0 Å². The topological polar surface area (TPSA) is 78.9 Å². The molecule has 75 heavy (non-hydrogen) atoms. The number of carbonyl (C=O) groups is 3. The number of hydrogen-bond acceptors (Lipinski definition) is 6. The minimum atomic E-state index is -0.776. The highest BCUT2D eigenvalue weighted by atomic mass is 16.6. The van der Waals surface area contributed by atoms with Gasteiger partial charge < -0.3 is 14.2 Å². The monoisotopic (exact) mass is 1050 g/mol. The Labute approximate surface area is 467 Å². The Morgan fingerprint density at radius 3 is 0.667 bits per heavy atom. The molecule has 0 spiro atoms. The van der Waals surface area contributed by atoms with Gasteiger partial charge in [0.1, 0.15) is 13.2 Å². The van der Waals surface area contributed by atoms with Crippen molar-refractivity contribution in [3.05, 3.63) is 36.5 Å². The number of rotatable bonds is 62. The Hall–Kier alpha value is -2.37. The van der Waals surface area contributed by atoms with Crippen molar-refractivity contribution in [3.63, 3.8) is 0 Å². The molecule has 0 fully saturated rings. The molecule has 0 N–H and O–H groups in total. The van der Waals surface area contributed by atoms with E-state index in [1.807, 2.05) is 0 Å². The van der Waals surface area contributed by atoms with Crippen LogP contribution in [-0.4, -0.2) is 37.2 Å². The summed E-state index contributed by atoms with van der Waals surface area (Å²) in [6, 6.07) is 0. The minimum absolute atomic E-state index is 0.0726. The van der Waals surface area contributed by atoms with Crippen molar-refractivity contribution in [2.75, 3.05) is 13.2 Å². The van der Waals surface area contributed by atoms with Gasteiger partial charge in [0.05, 0.1) is 0 Å². The van der Waals surface area contributed by atoms with Gasteiger partial charge in [0.15, 0.2) is 6.10 Å². The van der Waals surface area contributed by atoms with Gasteiger partial charge in [0.25, 0.3) is 0 Å². The number of ether oxygens (including phenoxy) is 3. The first-order valence-electron chi connectivity index (χ1n) is 33.5. The maximum absolute atomic E-state index is 12.9. The molecule has 1 unspecified atom stereocenters. The van der Waals surface area contributed by atoms with Crippen LogP contribution in [0.5, 0.6) is 0 Å². The highest BCUT2D eigenvalue weighted by Gasteiger charge is 2.19. The van der Waals surface area contributed by atoms with Crippen molar-refractivity contribution in [3.8, 4) is 0 Å². The molecule has 0 rings (SSSR count). The molecule has 1 atom stereocenters. The third-order valence-electron chi connectivity index (χ3n) is 15.1. The zero-order chi connectivity index (χ0) is 54.3. The van der Waals surface area contributed by atoms with Gasteiger partial charge in [-0.25, -0.2) is 0 Å². The molecular weight excluding hydrogens is 925 g/mol. The quantitative estimate of drug-likeness (QED) is 0.0261. The Morgan fingerprint density at radius 2 is 0.440 bits per heavy atom. The van der Waals surface area contributed by atoms with Crippen LogP contribution in [0.2, 0.25) is 0 Å². The van der Waals surface area contributed by atoms with Crippen LogP contribution in [0.15, 0.2) is 36.5 Å². The van der Waals surface area contributed by atoms with Gasteiger partial charge in [0, 0.05) is 19.3 Å². The van der Waals surface area contributed by atoms with Crippen molar-refractivity contribution < 1.29 is 28.6 Å². The van der Waals surface area contributed by atoms with Crippen LogP contribution in [0.1, 0.15) is 367 Å². The zero-order valence-corrected chi connectivity index (χ0v) is 50.6. The fourth-order valence-electron chi connectivity index (χ4n) is 10.0. The molecule has 6 nitrogen and oxygen atoms in total. The second kappa shape index (κ2) is 64.2. The van der Waals surface area contributed by atoms with Crippen LogP contribution >= 0.6 is 0 Å². The fourth-order valence-corrected chi connectivity index (χ4v) is 10.0. The zero-order valence-electron chi connectivity index (χ0n) is 50.6. The van der Waals surface area contributed by atoms with Crippen LogP contribution in [0.4, 0.5) is 0 Å². The van der Waals surface area contributed by atoms with Crippen molar-refractivity contribution in [1.82, 2.24) is 0 Å². The summed E-state index contributed by atoms with van der Waals surface area (Å²) in [7, 11) is 0. The first-order valence-corrected chi connectivity index (χ1v) is 33.5. The molecule has 0 aliphatic carbocycles. The van der Waals surface area contributed by atoms with Crippen LogP contribution in [-0.2, 0) is 28.6 Å². The van der Waals surface area contributed by atoms with Gasteiger partial charge in [-0.2, -0.15) is 0 Å². The highest BCUT2D eigenvalue weighted by molar-refractivity contribution is 5.71. The van der Waals surface area contributed by atoms with E-state index in [1.165, 1.54) is 263 Å². The van der Waals surface area contributed by atoms with E-state index < -0.39 is 6.10 Å². The molecular formula is C69H128O6. The molecule has 0 aromatic rings. The molecule has 0 aromatic carbocycles. The number of allylic oxidation sites excluding steroid dienone is 6. The first-order chi connectivity index (χ1) is 37.0. The summed E-state index contributed by atoms with van der Waals surface area (Å²) >= 11 is 0. The van der Waals surface area contributed by atoms with Gasteiger partial charge >= 0.3 is 17.9 Å². The van der Waals surface area contributed by atoms with Gasteiger partial charge in [-0.15, -0.1) is 0 Å². The van der Waals surface area contributed by atoms with E-state index in [0.29, 0.717) is 19.3 Å². The Bertz CT molecular complexity index is 1250. The van der Waals surface area contributed by atoms with Gasteiger partial charge in [0.2, 0.25) is 0 Å². The molecule has 6 heteroatoms. The molecule has 0 radical (unpaired) electrons. The van der Waals surface area contributed by atoms with Gasteiger partial charge in [-0.1, -0.05) is 288 Å². The number of carbonyl (C=O) groups excluding carboxylic acids is 3. The summed E-state index contributed by atoms with van der Waals surface area (Å²) in [5.74, 6) is -0.860. The maximum Gasteiger partial charge on any atom is 0.306 e. The third kappa shape index (κ3) is 62.4. The average molecular weight is 1050 g/mol. The summed E-state index contributed by atoms with van der Waals surface area (Å²) in [4.78, 5) is 38.4. The molecule has 0 amide bonds. The third-order valence-corrected chi connectivity index (χ3v) is 15.1. The van der Waals surface area contributed by atoms with Crippen LogP contribution < -0.4 is 0 Å². The smallest absolute Gasteiger partial charge is 0.306 e. The molecule has 0 aliphatic heterocycles. The highest BCUT2D eigenvalue weighted by Crippen LogP contribution is 2.17. The standard InChI is InChI=1S/C69H128O6/c1-4-7-10-13-16-19-22-25-28-30-32-33-34-35-37-38-41-44-47-50-53-56-59-62-68(71)74-65-66(64-73-67(70)61-58-55-52-49-46-43-40-27-24-21-18-15-12-9-6-3)75-69(72)63-60-57-54-51-48-45-42-39-36-31-29-26-23-20-17-14-11-8-5-2/h26-27,29-30,32,40,66H,4-25,28,31,33-39,41-65H2,1-3H3/b29-26-,32-30-,40-27-. The lowest BCUT2D eigenvalue weighted by Gasteiger charge is -2.18. The maximum atomic E-state index is 12.9. The SMILES string of the molecule is CCCCCCCC/C=C\CCCCCCCCCCCC(=O)OC(COC(=O)CCCCCCC/C=C\CCCCCCCC)COC(=O)CCCCCCCCCCCCC/C=C\CCCCCCCCCC. The molecule has 0 bridgehead atoms. The van der Waals surface area contributed by atoms with E-state index in [4.69, 9.17) is 14.2 Å². The summed E-state index contributed by atoms with van der Waals surface area (Å²) in [5, 5.41) is 0. The van der Waals surface area contributed by atoms with E-state index in [0.717, 1.165) is 64.2 Å². The second-order valence-corrected chi connectivity index (χ2v) is 22.7. The summed E-state index contributed by atoms with van der Waals surface area (Å²) in [6.07, 6.45) is 78.7. The molecule has 0 saturated carbocycles. The molecule has 440 valence electrons. The fraction of sp³-hybridized carbons (Fsp3) is 0.870. The normalized spacial score (nSPS) is 12.2. The summed E-state index contributed by atoms with van der Waals surface area (Å²) in [5.41, 5.74) is 0. The molecule has 0 heterocycles. The van der Waals surface area contributed by atoms with Crippen LogP contribution in [0, 0.1) is 0 Å². The lowest BCUT2D eigenvalue weighted by atomic mass is 10.0. The Morgan fingerprint density at radius 1 is 0.253 bits per heavy atom. The molecule has 0 aliphatic rings. The van der Waals surface area contributed by atoms with E-state index in [2.05, 4.69) is 57.2 Å². The second-order valence-electron chi connectivity index (χ2n) is 22.7. The molecule has 0 saturated heterocycles. The van der Waals surface area contributed by atoms with E-state index in [-0.39, 0.29) is 31.1 Å². The Balaban J connectivity index is 4.30. The van der Waals surface area contributed by atoms with Gasteiger partial charge in [-0.3, -0.25) is 14.4 Å². The first kappa shape index (κ1) is 72.6.